The summed E-state index contributed by atoms with van der Waals surface area (Å²) in [6.45, 7) is 1.52. The molecule has 4 aromatic rings. The van der Waals surface area contributed by atoms with Crippen LogP contribution >= 0.6 is 0 Å². The Kier molecular flexibility index (Phi) is 5.30. The van der Waals surface area contributed by atoms with E-state index in [-0.39, 0.29) is 5.97 Å². The zero-order chi connectivity index (χ0) is 20.2. The molecule has 3 heteroatoms. The van der Waals surface area contributed by atoms with Crippen LogP contribution in [0, 0.1) is 0 Å². The van der Waals surface area contributed by atoms with Crippen molar-refractivity contribution in [1.82, 2.24) is 0 Å². The van der Waals surface area contributed by atoms with Crippen LogP contribution in [0.15, 0.2) is 121 Å². The molecule has 0 saturated carbocycles. The van der Waals surface area contributed by atoms with Crippen molar-refractivity contribution in [2.24, 2.45) is 0 Å². The Balaban J connectivity index is 2.31. The van der Waals surface area contributed by atoms with Gasteiger partial charge in [-0.1, -0.05) is 0 Å². The molecule has 29 heavy (non-hydrogen) atoms. The molecule has 0 N–H and O–H groups in total. The number of hydrogen-bond acceptors (Lipinski definition) is 2. The van der Waals surface area contributed by atoms with Gasteiger partial charge in [0.25, 0.3) is 0 Å². The zero-order valence-electron chi connectivity index (χ0n) is 16.3. The van der Waals surface area contributed by atoms with Gasteiger partial charge in [-0.3, -0.25) is 0 Å². The average molecular weight is 489 g/mol. The van der Waals surface area contributed by atoms with Crippen LogP contribution < -0.4 is 14.0 Å². The summed E-state index contributed by atoms with van der Waals surface area (Å²) in [5.41, 5.74) is 0. The summed E-state index contributed by atoms with van der Waals surface area (Å²) in [4.78, 5) is 12.8. The first-order valence-corrected chi connectivity index (χ1v) is 15.8. The van der Waals surface area contributed by atoms with Gasteiger partial charge in [0, 0.05) is 0 Å². The normalized spacial score (nSPS) is 12.5. The zero-order valence-corrected chi connectivity index (χ0v) is 18.9. The van der Waals surface area contributed by atoms with Crippen LogP contribution in [0.3, 0.4) is 0 Å². The summed E-state index contributed by atoms with van der Waals surface area (Å²) in [6.07, 6.45) is 0. The molecule has 2 nitrogen and oxygen atoms in total. The number of benzene rings is 4. The molecule has 0 saturated heterocycles. The molecule has 0 aromatic heterocycles. The van der Waals surface area contributed by atoms with Crippen molar-refractivity contribution in [3.05, 3.63) is 121 Å². The molecule has 144 valence electrons. The topological polar surface area (TPSA) is 26.3 Å². The van der Waals surface area contributed by atoms with Crippen LogP contribution in [-0.2, 0) is 7.81 Å². The average Bonchev–Trinajstić information content (AvgIpc) is 2.80. The van der Waals surface area contributed by atoms with E-state index in [1.165, 1.54) is 6.92 Å². The summed E-state index contributed by atoms with van der Waals surface area (Å²) >= 11 is -4.93. The van der Waals surface area contributed by atoms with Gasteiger partial charge >= 0.3 is 174 Å². The van der Waals surface area contributed by atoms with Crippen LogP contribution in [0.5, 0.6) is 0 Å². The predicted molar refractivity (Wildman–Crippen MR) is 122 cm³/mol. The van der Waals surface area contributed by atoms with Gasteiger partial charge in [0.15, 0.2) is 0 Å². The van der Waals surface area contributed by atoms with Gasteiger partial charge in [0.1, 0.15) is 0 Å². The van der Waals surface area contributed by atoms with E-state index < -0.39 is 17.8 Å². The quantitative estimate of drug-likeness (QED) is 0.403. The Morgan fingerprint density at radius 3 is 0.966 bits per heavy atom. The van der Waals surface area contributed by atoms with Gasteiger partial charge in [-0.15, -0.1) is 0 Å². The van der Waals surface area contributed by atoms with Crippen LogP contribution in [0.25, 0.3) is 0 Å². The number of carbonyl (C=O) groups is 1. The Morgan fingerprint density at radius 1 is 0.517 bits per heavy atom. The third-order valence-electron chi connectivity index (χ3n) is 5.31. The standard InChI is InChI=1S/4C6H5.C2H4O2.Sb/c4*1-2-4-6-5-3-1;1-2(3)4;/h4*1-5H;1H3,(H,3,4);/q;;;;;+1/p-1. The van der Waals surface area contributed by atoms with E-state index in [2.05, 4.69) is 48.5 Å². The summed E-state index contributed by atoms with van der Waals surface area (Å²) in [7, 11) is 0. The maximum absolute atomic E-state index is 12.8. The molecule has 0 unspecified atom stereocenters. The van der Waals surface area contributed by atoms with Crippen LogP contribution in [0.2, 0.25) is 0 Å². The first kappa shape index (κ1) is 19.5. The van der Waals surface area contributed by atoms with Gasteiger partial charge in [-0.25, -0.2) is 0 Å². The SMILES string of the molecule is CC(=O)[O][Sb]([c]1ccccc1)([c]1ccccc1)([c]1ccccc1)[c]1ccccc1. The third kappa shape index (κ3) is 2.99. The molecule has 0 aliphatic heterocycles. The summed E-state index contributed by atoms with van der Waals surface area (Å²) < 4.78 is 11.0. The summed E-state index contributed by atoms with van der Waals surface area (Å²) in [5, 5.41) is 0. The third-order valence-corrected chi connectivity index (χ3v) is 21.7. The molecule has 0 amide bonds. The molecule has 0 spiro atoms. The molecule has 0 fully saturated rings. The molecular weight excluding hydrogens is 466 g/mol. The van der Waals surface area contributed by atoms with Crippen molar-refractivity contribution < 1.29 is 7.81 Å². The molecular formula is C26H23O2Sb. The second-order valence-corrected chi connectivity index (χ2v) is 19.3. The van der Waals surface area contributed by atoms with E-state index in [1.54, 1.807) is 0 Å². The molecule has 0 atom stereocenters. The molecule has 4 aromatic carbocycles. The van der Waals surface area contributed by atoms with Crippen molar-refractivity contribution in [2.75, 3.05) is 0 Å². The maximum atomic E-state index is 12.8. The van der Waals surface area contributed by atoms with E-state index in [0.29, 0.717) is 0 Å². The van der Waals surface area contributed by atoms with E-state index in [9.17, 15) is 4.79 Å². The summed E-state index contributed by atoms with van der Waals surface area (Å²) in [5.74, 6) is -0.271. The van der Waals surface area contributed by atoms with Gasteiger partial charge in [0.05, 0.1) is 0 Å². The minimum absolute atomic E-state index is 0.271. The first-order valence-electron chi connectivity index (χ1n) is 9.63. The van der Waals surface area contributed by atoms with Crippen LogP contribution in [-0.4, -0.2) is 23.8 Å². The van der Waals surface area contributed by atoms with Crippen molar-refractivity contribution in [3.8, 4) is 0 Å². The van der Waals surface area contributed by atoms with Crippen molar-refractivity contribution in [1.29, 1.82) is 0 Å². The number of rotatable bonds is 5. The Morgan fingerprint density at radius 2 is 0.759 bits per heavy atom. The summed E-state index contributed by atoms with van der Waals surface area (Å²) in [6, 6.07) is 41.1. The fourth-order valence-electron chi connectivity index (χ4n) is 4.21. The monoisotopic (exact) mass is 488 g/mol. The van der Waals surface area contributed by atoms with Crippen molar-refractivity contribution in [3.63, 3.8) is 0 Å². The Hall–Kier alpha value is -2.83. The first-order chi connectivity index (χ1) is 14.2. The number of hydrogen-bond donors (Lipinski definition) is 0. The predicted octanol–water partition coefficient (Wildman–Crippen LogP) is 3.08. The Bertz CT molecular complexity index is 925. The van der Waals surface area contributed by atoms with Crippen molar-refractivity contribution >= 4 is 37.8 Å². The molecule has 0 radical (unpaired) electrons. The minimum atomic E-state index is -4.93. The van der Waals surface area contributed by atoms with E-state index >= 15 is 0 Å². The number of carbonyl (C=O) groups excluding carboxylic acids is 1. The van der Waals surface area contributed by atoms with E-state index in [0.717, 1.165) is 14.0 Å². The fourth-order valence-corrected chi connectivity index (χ4v) is 20.4. The molecule has 0 heterocycles. The Labute approximate surface area is 173 Å². The van der Waals surface area contributed by atoms with Gasteiger partial charge in [-0.2, -0.15) is 0 Å². The van der Waals surface area contributed by atoms with Crippen LogP contribution in [0.1, 0.15) is 6.92 Å². The molecule has 0 bridgehead atoms. The van der Waals surface area contributed by atoms with E-state index in [1.807, 2.05) is 72.8 Å². The molecule has 0 aliphatic rings. The van der Waals surface area contributed by atoms with Gasteiger partial charge in [0.2, 0.25) is 0 Å². The van der Waals surface area contributed by atoms with Gasteiger partial charge in [-0.05, 0) is 0 Å². The molecule has 0 aliphatic carbocycles. The fraction of sp³-hybridized carbons (Fsp3) is 0.0385. The van der Waals surface area contributed by atoms with Crippen LogP contribution in [0.4, 0.5) is 0 Å². The van der Waals surface area contributed by atoms with Crippen molar-refractivity contribution in [2.45, 2.75) is 6.92 Å². The van der Waals surface area contributed by atoms with Gasteiger partial charge < -0.3 is 0 Å². The second-order valence-electron chi connectivity index (χ2n) is 6.96. The molecule has 4 rings (SSSR count). The van der Waals surface area contributed by atoms with E-state index in [4.69, 9.17) is 3.02 Å². The second kappa shape index (κ2) is 7.89.